The molecule has 8 nitrogen and oxygen atoms in total. The van der Waals surface area contributed by atoms with E-state index >= 15 is 0 Å². The molecule has 0 heterocycles. The highest BCUT2D eigenvalue weighted by Crippen LogP contribution is 2.28. The third-order valence-electron chi connectivity index (χ3n) is 3.55. The Kier molecular flexibility index (Phi) is 7.78. The fourth-order valence-corrected chi connectivity index (χ4v) is 2.24. The molecule has 29 heavy (non-hydrogen) atoms. The molecule has 0 atom stereocenters. The number of hydrogen-bond acceptors (Lipinski definition) is 7. The summed E-state index contributed by atoms with van der Waals surface area (Å²) in [6.45, 7) is 1.73. The highest BCUT2D eigenvalue weighted by Gasteiger charge is 2.08. The van der Waals surface area contributed by atoms with Crippen molar-refractivity contribution in [1.82, 2.24) is 0 Å². The van der Waals surface area contributed by atoms with Crippen LogP contribution in [0.25, 0.3) is 6.08 Å². The first-order valence-corrected chi connectivity index (χ1v) is 8.69. The summed E-state index contributed by atoms with van der Waals surface area (Å²) in [4.78, 5) is 34.4. The zero-order chi connectivity index (χ0) is 21.2. The molecule has 2 N–H and O–H groups in total. The van der Waals surface area contributed by atoms with Gasteiger partial charge in [-0.25, -0.2) is 9.59 Å². The van der Waals surface area contributed by atoms with Crippen molar-refractivity contribution in [3.8, 4) is 17.2 Å². The molecule has 0 aliphatic rings. The van der Waals surface area contributed by atoms with Gasteiger partial charge in [0.2, 0.25) is 0 Å². The van der Waals surface area contributed by atoms with E-state index in [1.807, 2.05) is 0 Å². The van der Waals surface area contributed by atoms with Crippen LogP contribution in [0.3, 0.4) is 0 Å². The first-order valence-electron chi connectivity index (χ1n) is 8.69. The molecule has 0 radical (unpaired) electrons. The summed E-state index contributed by atoms with van der Waals surface area (Å²) in [5.41, 5.74) is 6.08. The van der Waals surface area contributed by atoms with E-state index in [2.05, 4.69) is 0 Å². The van der Waals surface area contributed by atoms with Crippen LogP contribution in [0.1, 0.15) is 22.8 Å². The van der Waals surface area contributed by atoms with E-state index in [1.165, 1.54) is 43.5 Å². The van der Waals surface area contributed by atoms with Gasteiger partial charge in [-0.05, 0) is 55.0 Å². The normalized spacial score (nSPS) is 10.4. The molecule has 0 saturated carbocycles. The van der Waals surface area contributed by atoms with Gasteiger partial charge < -0.3 is 24.7 Å². The molecule has 1 amide bonds. The molecule has 0 fully saturated rings. The molecule has 0 spiro atoms. The quantitative estimate of drug-likeness (QED) is 0.391. The second-order valence-electron chi connectivity index (χ2n) is 5.66. The van der Waals surface area contributed by atoms with Crippen molar-refractivity contribution < 1.29 is 33.3 Å². The topological polar surface area (TPSA) is 114 Å². The lowest BCUT2D eigenvalue weighted by Crippen LogP contribution is -2.20. The van der Waals surface area contributed by atoms with Crippen LogP contribution in [-0.4, -0.2) is 38.2 Å². The monoisotopic (exact) mass is 399 g/mol. The number of carbonyl (C=O) groups is 3. The Morgan fingerprint density at radius 3 is 2.38 bits per heavy atom. The van der Waals surface area contributed by atoms with Crippen molar-refractivity contribution in [3.05, 3.63) is 59.7 Å². The summed E-state index contributed by atoms with van der Waals surface area (Å²) in [7, 11) is 1.45. The molecular formula is C21H21NO7. The fourth-order valence-electron chi connectivity index (χ4n) is 2.24. The van der Waals surface area contributed by atoms with Gasteiger partial charge >= 0.3 is 11.9 Å². The predicted octanol–water partition coefficient (Wildman–Crippen LogP) is 2.35. The molecule has 0 unspecified atom stereocenters. The highest BCUT2D eigenvalue weighted by molar-refractivity contribution is 5.90. The number of methoxy groups -OCH3 is 1. The second-order valence-corrected chi connectivity index (χ2v) is 5.66. The van der Waals surface area contributed by atoms with Gasteiger partial charge in [0.25, 0.3) is 5.91 Å². The average Bonchev–Trinajstić information content (AvgIpc) is 2.71. The van der Waals surface area contributed by atoms with Crippen LogP contribution in [0.15, 0.2) is 48.5 Å². The number of ether oxygens (including phenoxy) is 4. The van der Waals surface area contributed by atoms with Gasteiger partial charge in [-0.2, -0.15) is 0 Å². The van der Waals surface area contributed by atoms with Gasteiger partial charge in [-0.1, -0.05) is 6.07 Å². The van der Waals surface area contributed by atoms with Crippen molar-refractivity contribution in [3.63, 3.8) is 0 Å². The van der Waals surface area contributed by atoms with E-state index in [-0.39, 0.29) is 13.2 Å². The summed E-state index contributed by atoms with van der Waals surface area (Å²) in [5.74, 6) is -0.608. The van der Waals surface area contributed by atoms with Crippen LogP contribution >= 0.6 is 0 Å². The Labute approximate surface area is 167 Å². The van der Waals surface area contributed by atoms with Crippen LogP contribution in [-0.2, 0) is 14.3 Å². The van der Waals surface area contributed by atoms with E-state index in [9.17, 15) is 14.4 Å². The molecule has 0 aromatic heterocycles. The number of nitrogens with two attached hydrogens (primary N) is 1. The highest BCUT2D eigenvalue weighted by atomic mass is 16.5. The minimum atomic E-state index is -0.603. The largest absolute Gasteiger partial charge is 0.493 e. The molecule has 8 heteroatoms. The number of rotatable bonds is 9. The van der Waals surface area contributed by atoms with Crippen LogP contribution in [0.5, 0.6) is 17.2 Å². The number of esters is 2. The second kappa shape index (κ2) is 10.5. The maximum atomic E-state index is 12.0. The molecule has 152 valence electrons. The van der Waals surface area contributed by atoms with Gasteiger partial charge in [-0.15, -0.1) is 0 Å². The lowest BCUT2D eigenvalue weighted by atomic mass is 10.2. The minimum Gasteiger partial charge on any atom is -0.493 e. The maximum Gasteiger partial charge on any atom is 0.338 e. The zero-order valence-corrected chi connectivity index (χ0v) is 16.0. The molecule has 0 saturated heterocycles. The smallest absolute Gasteiger partial charge is 0.338 e. The van der Waals surface area contributed by atoms with Crippen LogP contribution in [0, 0.1) is 0 Å². The van der Waals surface area contributed by atoms with Crippen LogP contribution in [0.4, 0.5) is 0 Å². The van der Waals surface area contributed by atoms with Crippen molar-refractivity contribution >= 4 is 23.9 Å². The minimum absolute atomic E-state index is 0.271. The molecule has 2 rings (SSSR count). The number of benzene rings is 2. The standard InChI is InChI=1S/C21H21NO7/c1-3-27-21(25)15-6-8-16(9-7-15)29-20(24)11-5-14-4-10-17(18(12-14)26-2)28-13-19(22)23/h4-12H,3,13H2,1-2H3,(H2,22,23)/b11-5+. The Hall–Kier alpha value is -3.81. The van der Waals surface area contributed by atoms with Gasteiger partial charge in [0.1, 0.15) is 5.75 Å². The van der Waals surface area contributed by atoms with E-state index in [0.717, 1.165) is 0 Å². The van der Waals surface area contributed by atoms with Gasteiger partial charge in [0, 0.05) is 6.08 Å². The molecule has 0 aliphatic heterocycles. The van der Waals surface area contributed by atoms with E-state index in [1.54, 1.807) is 25.1 Å². The van der Waals surface area contributed by atoms with Crippen molar-refractivity contribution in [2.75, 3.05) is 20.3 Å². The van der Waals surface area contributed by atoms with Gasteiger partial charge in [0.05, 0.1) is 19.3 Å². The van der Waals surface area contributed by atoms with Gasteiger partial charge in [-0.3, -0.25) is 4.79 Å². The summed E-state index contributed by atoms with van der Waals surface area (Å²) in [6, 6.07) is 10.9. The number of amides is 1. The Bertz CT molecular complexity index is 904. The van der Waals surface area contributed by atoms with E-state index in [0.29, 0.717) is 28.4 Å². The third kappa shape index (κ3) is 6.69. The van der Waals surface area contributed by atoms with Gasteiger partial charge in [0.15, 0.2) is 18.1 Å². The summed E-state index contributed by atoms with van der Waals surface area (Å²) >= 11 is 0. The molecular weight excluding hydrogens is 378 g/mol. The van der Waals surface area contributed by atoms with E-state index in [4.69, 9.17) is 24.7 Å². The first-order chi connectivity index (χ1) is 13.9. The zero-order valence-electron chi connectivity index (χ0n) is 16.0. The molecule has 2 aromatic carbocycles. The van der Waals surface area contributed by atoms with Crippen molar-refractivity contribution in [2.45, 2.75) is 6.92 Å². The Balaban J connectivity index is 1.99. The number of primary amides is 1. The third-order valence-corrected chi connectivity index (χ3v) is 3.55. The van der Waals surface area contributed by atoms with Crippen molar-refractivity contribution in [2.24, 2.45) is 5.73 Å². The fraction of sp³-hybridized carbons (Fsp3) is 0.190. The lowest BCUT2D eigenvalue weighted by Gasteiger charge is -2.09. The number of carbonyl (C=O) groups excluding carboxylic acids is 3. The Morgan fingerprint density at radius 2 is 1.76 bits per heavy atom. The van der Waals surface area contributed by atoms with E-state index < -0.39 is 17.8 Å². The average molecular weight is 399 g/mol. The van der Waals surface area contributed by atoms with Crippen LogP contribution in [0.2, 0.25) is 0 Å². The SMILES string of the molecule is CCOC(=O)c1ccc(OC(=O)/C=C/c2ccc(OCC(N)=O)c(OC)c2)cc1. The molecule has 0 bridgehead atoms. The summed E-state index contributed by atoms with van der Waals surface area (Å²) in [6.07, 6.45) is 2.79. The van der Waals surface area contributed by atoms with Crippen LogP contribution < -0.4 is 19.9 Å². The molecule has 2 aromatic rings. The maximum absolute atomic E-state index is 12.0. The van der Waals surface area contributed by atoms with Crippen molar-refractivity contribution in [1.29, 1.82) is 0 Å². The number of hydrogen-bond donors (Lipinski definition) is 1. The predicted molar refractivity (Wildman–Crippen MR) is 105 cm³/mol. The summed E-state index contributed by atoms with van der Waals surface area (Å²) < 4.78 is 20.5. The first kappa shape index (κ1) is 21.5. The summed E-state index contributed by atoms with van der Waals surface area (Å²) in [5, 5.41) is 0. The Morgan fingerprint density at radius 1 is 1.03 bits per heavy atom. The lowest BCUT2D eigenvalue weighted by molar-refractivity contribution is -0.129. The molecule has 0 aliphatic carbocycles.